The molecule has 0 N–H and O–H groups in total. The Kier molecular flexibility index (Phi) is 6.10. The maximum Gasteiger partial charge on any atom is 0.164 e. The zero-order chi connectivity index (χ0) is 26.2. The molecule has 0 saturated carbocycles. The van der Waals surface area contributed by atoms with Gasteiger partial charge in [0.2, 0.25) is 0 Å². The van der Waals surface area contributed by atoms with E-state index in [1.165, 1.54) is 27.1 Å². The van der Waals surface area contributed by atoms with Gasteiger partial charge in [0.1, 0.15) is 0 Å². The van der Waals surface area contributed by atoms with Gasteiger partial charge in [-0.05, 0) is 51.8 Å². The van der Waals surface area contributed by atoms with E-state index in [2.05, 4.69) is 82.7 Å². The van der Waals surface area contributed by atoms with Crippen LogP contribution in [0.25, 0.3) is 45.3 Å². The molecule has 1 heterocycles. The third-order valence-electron chi connectivity index (χ3n) is 7.32. The molecule has 5 aromatic rings. The molecule has 0 radical (unpaired) electrons. The lowest BCUT2D eigenvalue weighted by Gasteiger charge is -2.24. The van der Waals surface area contributed by atoms with Crippen molar-refractivity contribution in [2.24, 2.45) is 5.92 Å². The molecule has 1 atom stereocenters. The topological polar surface area (TPSA) is 38.7 Å². The highest BCUT2D eigenvalue weighted by molar-refractivity contribution is 9.10. The molecule has 7 rings (SSSR count). The standard InChI is InChI=1S/C35H24BrN3/c36-28-20-26(32-22-25-15-7-8-16-29(25)30-17-9-10-18-31(30)32)19-27(21-28)35-38-33(23-11-3-1-4-12-23)37-34(39-35)24-13-5-2-6-14-24/h1-21,25H,22H2. The lowest BCUT2D eigenvalue weighted by atomic mass is 9.80. The number of hydrogen-bond acceptors (Lipinski definition) is 3. The average Bonchev–Trinajstić information content (AvgIpc) is 3.01. The molecule has 0 aliphatic heterocycles. The molecule has 39 heavy (non-hydrogen) atoms. The summed E-state index contributed by atoms with van der Waals surface area (Å²) in [6.45, 7) is 0. The summed E-state index contributed by atoms with van der Waals surface area (Å²) in [5.74, 6) is 2.35. The van der Waals surface area contributed by atoms with Gasteiger partial charge < -0.3 is 0 Å². The van der Waals surface area contributed by atoms with Crippen molar-refractivity contribution in [1.29, 1.82) is 0 Å². The third kappa shape index (κ3) is 4.58. The van der Waals surface area contributed by atoms with Crippen molar-refractivity contribution in [3.05, 3.63) is 148 Å². The lowest BCUT2D eigenvalue weighted by molar-refractivity contribution is 0.845. The molecule has 0 spiro atoms. The summed E-state index contributed by atoms with van der Waals surface area (Å²) < 4.78 is 0.997. The number of halogens is 1. The lowest BCUT2D eigenvalue weighted by Crippen LogP contribution is -2.35. The molecule has 1 aromatic heterocycles. The van der Waals surface area contributed by atoms with Gasteiger partial charge in [0.25, 0.3) is 0 Å². The van der Waals surface area contributed by atoms with Crippen molar-refractivity contribution in [3.63, 3.8) is 0 Å². The number of hydrogen-bond donors (Lipinski definition) is 0. The molecular weight excluding hydrogens is 542 g/mol. The number of nitrogens with zero attached hydrogens (tertiary/aromatic N) is 3. The van der Waals surface area contributed by atoms with E-state index in [4.69, 9.17) is 15.0 Å². The van der Waals surface area contributed by atoms with E-state index < -0.39 is 0 Å². The predicted molar refractivity (Wildman–Crippen MR) is 162 cm³/mol. The van der Waals surface area contributed by atoms with Gasteiger partial charge in [0.05, 0.1) is 0 Å². The Balaban J connectivity index is 1.43. The first-order valence-corrected chi connectivity index (χ1v) is 13.9. The fourth-order valence-corrected chi connectivity index (χ4v) is 5.98. The summed E-state index contributed by atoms with van der Waals surface area (Å²) in [4.78, 5) is 14.8. The van der Waals surface area contributed by atoms with Gasteiger partial charge in [-0.25, -0.2) is 15.0 Å². The van der Waals surface area contributed by atoms with Gasteiger partial charge in [-0.15, -0.1) is 0 Å². The van der Waals surface area contributed by atoms with Crippen molar-refractivity contribution in [2.45, 2.75) is 6.42 Å². The van der Waals surface area contributed by atoms with E-state index in [1.54, 1.807) is 0 Å². The molecule has 4 aromatic carbocycles. The Labute approximate surface area is 235 Å². The SMILES string of the molecule is Brc1cc(C2=c3ccccc3=C3C=CC=CC3C2)cc(-c2nc(-c3ccccc3)nc(-c3ccccc3)n2)c1. The molecule has 186 valence electrons. The zero-order valence-corrected chi connectivity index (χ0v) is 22.7. The molecule has 2 aliphatic rings. The van der Waals surface area contributed by atoms with Gasteiger partial charge in [-0.2, -0.15) is 0 Å². The number of fused-ring (bicyclic) bond motifs is 2. The monoisotopic (exact) mass is 565 g/mol. The summed E-state index contributed by atoms with van der Waals surface area (Å²) in [6.07, 6.45) is 9.82. The average molecular weight is 567 g/mol. The van der Waals surface area contributed by atoms with Crippen molar-refractivity contribution in [3.8, 4) is 34.2 Å². The number of allylic oxidation sites excluding steroid dienone is 4. The molecule has 1 unspecified atom stereocenters. The highest BCUT2D eigenvalue weighted by Crippen LogP contribution is 2.34. The van der Waals surface area contributed by atoms with Crippen LogP contribution in [-0.2, 0) is 0 Å². The molecule has 2 aliphatic carbocycles. The van der Waals surface area contributed by atoms with Gasteiger partial charge in [0.15, 0.2) is 17.5 Å². The number of benzene rings is 4. The van der Waals surface area contributed by atoms with E-state index in [-0.39, 0.29) is 0 Å². The van der Waals surface area contributed by atoms with E-state index in [0.717, 1.165) is 27.6 Å². The quantitative estimate of drug-likeness (QED) is 0.232. The zero-order valence-electron chi connectivity index (χ0n) is 21.1. The summed E-state index contributed by atoms with van der Waals surface area (Å²) >= 11 is 3.80. The number of aromatic nitrogens is 3. The molecular formula is C35H24BrN3. The third-order valence-corrected chi connectivity index (χ3v) is 7.78. The van der Waals surface area contributed by atoms with E-state index in [1.807, 2.05) is 60.7 Å². The van der Waals surface area contributed by atoms with Crippen molar-refractivity contribution in [1.82, 2.24) is 15.0 Å². The fourth-order valence-electron chi connectivity index (χ4n) is 5.48. The second-order valence-electron chi connectivity index (χ2n) is 9.80. The Hall–Kier alpha value is -4.41. The van der Waals surface area contributed by atoms with Crippen LogP contribution in [0.3, 0.4) is 0 Å². The Morgan fingerprint density at radius 3 is 1.79 bits per heavy atom. The Morgan fingerprint density at radius 2 is 1.13 bits per heavy atom. The smallest absolute Gasteiger partial charge is 0.164 e. The summed E-state index contributed by atoms with van der Waals surface area (Å²) in [6, 6.07) is 35.5. The van der Waals surface area contributed by atoms with Crippen LogP contribution in [-0.4, -0.2) is 15.0 Å². The maximum atomic E-state index is 4.96. The van der Waals surface area contributed by atoms with Gasteiger partial charge in [-0.1, -0.05) is 125 Å². The summed E-state index contributed by atoms with van der Waals surface area (Å²) in [7, 11) is 0. The Morgan fingerprint density at radius 1 is 0.564 bits per heavy atom. The highest BCUT2D eigenvalue weighted by Gasteiger charge is 2.22. The van der Waals surface area contributed by atoms with Crippen molar-refractivity contribution in [2.75, 3.05) is 0 Å². The highest BCUT2D eigenvalue weighted by atomic mass is 79.9. The molecule has 0 fully saturated rings. The van der Waals surface area contributed by atoms with E-state index >= 15 is 0 Å². The first-order valence-electron chi connectivity index (χ1n) is 13.1. The minimum absolute atomic E-state index is 0.369. The van der Waals surface area contributed by atoms with Crippen LogP contribution in [0.5, 0.6) is 0 Å². The van der Waals surface area contributed by atoms with E-state index in [9.17, 15) is 0 Å². The second-order valence-corrected chi connectivity index (χ2v) is 10.7. The minimum Gasteiger partial charge on any atom is -0.208 e. The number of rotatable bonds is 4. The largest absolute Gasteiger partial charge is 0.208 e. The summed E-state index contributed by atoms with van der Waals surface area (Å²) in [5.41, 5.74) is 6.78. The van der Waals surface area contributed by atoms with Crippen LogP contribution in [0.2, 0.25) is 0 Å². The molecule has 0 amide bonds. The van der Waals surface area contributed by atoms with Crippen molar-refractivity contribution < 1.29 is 0 Å². The molecule has 4 heteroatoms. The molecule has 0 saturated heterocycles. The van der Waals surface area contributed by atoms with Crippen LogP contribution >= 0.6 is 15.9 Å². The van der Waals surface area contributed by atoms with E-state index in [0.29, 0.717) is 23.4 Å². The van der Waals surface area contributed by atoms with Crippen molar-refractivity contribution >= 4 is 27.1 Å². The predicted octanol–water partition coefficient (Wildman–Crippen LogP) is 7.13. The van der Waals surface area contributed by atoms with Crippen LogP contribution < -0.4 is 10.4 Å². The minimum atomic E-state index is 0.369. The van der Waals surface area contributed by atoms with Gasteiger partial charge >= 0.3 is 0 Å². The van der Waals surface area contributed by atoms with Crippen LogP contribution in [0.15, 0.2) is 132 Å². The van der Waals surface area contributed by atoms with Gasteiger partial charge in [0, 0.05) is 27.1 Å². The van der Waals surface area contributed by atoms with Crippen LogP contribution in [0, 0.1) is 5.92 Å². The normalized spacial score (nSPS) is 15.7. The molecule has 0 bridgehead atoms. The first kappa shape index (κ1) is 23.7. The second kappa shape index (κ2) is 10.0. The molecule has 3 nitrogen and oxygen atoms in total. The van der Waals surface area contributed by atoms with Crippen LogP contribution in [0.4, 0.5) is 0 Å². The fraction of sp³-hybridized carbons (Fsp3) is 0.0571. The maximum absolute atomic E-state index is 4.96. The Bertz CT molecular complexity index is 1830. The van der Waals surface area contributed by atoms with Gasteiger partial charge in [-0.3, -0.25) is 0 Å². The first-order chi connectivity index (χ1) is 19.2. The summed E-state index contributed by atoms with van der Waals surface area (Å²) in [5, 5.41) is 2.60. The van der Waals surface area contributed by atoms with Crippen LogP contribution in [0.1, 0.15) is 12.0 Å².